The summed E-state index contributed by atoms with van der Waals surface area (Å²) in [5.41, 5.74) is 4.82. The van der Waals surface area contributed by atoms with Gasteiger partial charge in [0.2, 0.25) is 11.8 Å². The topological polar surface area (TPSA) is 88.9 Å². The lowest BCUT2D eigenvalue weighted by Crippen LogP contribution is -2.37. The number of carbonyl (C=O) groups is 2. The standard InChI is InChI=1S/C23H27N5O2S/c1-14-9-6-7-12-19(14)28-18(5)26-27-23(28)31-17(4)22(30)24-13-20(29)25-21-15(2)10-8-11-16(21)3/h6-12,17H,13H2,1-5H3,(H,24,30)(H,25,29). The minimum absolute atomic E-state index is 0.0962. The van der Waals surface area contributed by atoms with E-state index in [1.807, 2.05) is 74.7 Å². The van der Waals surface area contributed by atoms with Crippen molar-refractivity contribution >= 4 is 29.3 Å². The maximum Gasteiger partial charge on any atom is 0.243 e. The number of carbonyl (C=O) groups excluding carboxylic acids is 2. The molecule has 1 heterocycles. The highest BCUT2D eigenvalue weighted by molar-refractivity contribution is 8.00. The lowest BCUT2D eigenvalue weighted by atomic mass is 10.1. The molecule has 0 aliphatic carbocycles. The molecule has 31 heavy (non-hydrogen) atoms. The summed E-state index contributed by atoms with van der Waals surface area (Å²) in [5, 5.41) is 14.2. The van der Waals surface area contributed by atoms with Crippen LogP contribution < -0.4 is 10.6 Å². The molecule has 0 bridgehead atoms. The van der Waals surface area contributed by atoms with Gasteiger partial charge in [0, 0.05) is 5.69 Å². The van der Waals surface area contributed by atoms with Crippen molar-refractivity contribution in [1.82, 2.24) is 20.1 Å². The van der Waals surface area contributed by atoms with Gasteiger partial charge in [-0.1, -0.05) is 48.2 Å². The van der Waals surface area contributed by atoms with E-state index < -0.39 is 5.25 Å². The van der Waals surface area contributed by atoms with E-state index in [1.54, 1.807) is 6.92 Å². The first-order chi connectivity index (χ1) is 14.8. The minimum Gasteiger partial charge on any atom is -0.346 e. The van der Waals surface area contributed by atoms with Crippen LogP contribution in [-0.4, -0.2) is 38.4 Å². The number of thioether (sulfide) groups is 1. The number of nitrogens with zero attached hydrogens (tertiary/aromatic N) is 3. The average Bonchev–Trinajstić information content (AvgIpc) is 3.09. The lowest BCUT2D eigenvalue weighted by molar-refractivity contribution is -0.123. The second-order valence-electron chi connectivity index (χ2n) is 7.44. The quantitative estimate of drug-likeness (QED) is 0.550. The number of aromatic nitrogens is 3. The van der Waals surface area contributed by atoms with E-state index >= 15 is 0 Å². The van der Waals surface area contributed by atoms with Gasteiger partial charge in [-0.3, -0.25) is 14.2 Å². The molecule has 3 rings (SSSR count). The molecule has 8 heteroatoms. The Bertz CT molecular complexity index is 1090. The molecule has 0 saturated heterocycles. The van der Waals surface area contributed by atoms with Gasteiger partial charge >= 0.3 is 0 Å². The van der Waals surface area contributed by atoms with Crippen molar-refractivity contribution in [1.29, 1.82) is 0 Å². The molecule has 0 saturated carbocycles. The van der Waals surface area contributed by atoms with E-state index in [9.17, 15) is 9.59 Å². The molecule has 162 valence electrons. The molecule has 1 unspecified atom stereocenters. The molecule has 3 aromatic rings. The van der Waals surface area contributed by atoms with Crippen LogP contribution in [0.3, 0.4) is 0 Å². The third kappa shape index (κ3) is 5.32. The number of rotatable bonds is 7. The van der Waals surface area contributed by atoms with Crippen LogP contribution in [-0.2, 0) is 9.59 Å². The zero-order valence-electron chi connectivity index (χ0n) is 18.4. The molecule has 1 aromatic heterocycles. The Balaban J connectivity index is 1.62. The van der Waals surface area contributed by atoms with Gasteiger partial charge in [-0.2, -0.15) is 0 Å². The van der Waals surface area contributed by atoms with Crippen molar-refractivity contribution in [3.63, 3.8) is 0 Å². The van der Waals surface area contributed by atoms with Crippen molar-refractivity contribution in [2.24, 2.45) is 0 Å². The van der Waals surface area contributed by atoms with Gasteiger partial charge < -0.3 is 10.6 Å². The van der Waals surface area contributed by atoms with E-state index in [0.717, 1.165) is 33.9 Å². The Morgan fingerprint density at radius 2 is 1.61 bits per heavy atom. The van der Waals surface area contributed by atoms with Crippen LogP contribution in [0.2, 0.25) is 0 Å². The highest BCUT2D eigenvalue weighted by Crippen LogP contribution is 2.27. The molecule has 1 atom stereocenters. The van der Waals surface area contributed by atoms with Gasteiger partial charge in [-0.05, 0) is 57.4 Å². The fourth-order valence-corrected chi connectivity index (χ4v) is 4.16. The lowest BCUT2D eigenvalue weighted by Gasteiger charge is -2.15. The second-order valence-corrected chi connectivity index (χ2v) is 8.75. The zero-order chi connectivity index (χ0) is 22.5. The number of aryl methyl sites for hydroxylation is 4. The maximum atomic E-state index is 12.6. The summed E-state index contributed by atoms with van der Waals surface area (Å²) in [5.74, 6) is 0.248. The van der Waals surface area contributed by atoms with Crippen molar-refractivity contribution in [3.8, 4) is 5.69 Å². The van der Waals surface area contributed by atoms with E-state index in [-0.39, 0.29) is 18.4 Å². The Morgan fingerprint density at radius 3 is 2.29 bits per heavy atom. The van der Waals surface area contributed by atoms with E-state index in [0.29, 0.717) is 5.16 Å². The third-order valence-corrected chi connectivity index (χ3v) is 6.01. The van der Waals surface area contributed by atoms with Crippen molar-refractivity contribution in [3.05, 3.63) is 65.0 Å². The number of hydrogen-bond donors (Lipinski definition) is 2. The molecule has 0 aliphatic heterocycles. The fourth-order valence-electron chi connectivity index (χ4n) is 3.23. The highest BCUT2D eigenvalue weighted by atomic mass is 32.2. The van der Waals surface area contributed by atoms with Gasteiger partial charge in [-0.25, -0.2) is 0 Å². The molecule has 2 N–H and O–H groups in total. The maximum absolute atomic E-state index is 12.6. The number of nitrogens with one attached hydrogen (secondary N) is 2. The van der Waals surface area contributed by atoms with Crippen LogP contribution in [0.1, 0.15) is 29.4 Å². The largest absolute Gasteiger partial charge is 0.346 e. The molecule has 0 spiro atoms. The van der Waals surface area contributed by atoms with Crippen LogP contribution in [0.25, 0.3) is 5.69 Å². The minimum atomic E-state index is -0.445. The molecular weight excluding hydrogens is 410 g/mol. The summed E-state index contributed by atoms with van der Waals surface area (Å²) < 4.78 is 1.94. The summed E-state index contributed by atoms with van der Waals surface area (Å²) in [7, 11) is 0. The molecule has 0 radical (unpaired) electrons. The molecule has 0 aliphatic rings. The number of hydrogen-bond acceptors (Lipinski definition) is 5. The van der Waals surface area contributed by atoms with Gasteiger partial charge in [-0.15, -0.1) is 10.2 Å². The van der Waals surface area contributed by atoms with Crippen LogP contribution in [0.5, 0.6) is 0 Å². The van der Waals surface area contributed by atoms with Crippen LogP contribution >= 0.6 is 11.8 Å². The normalized spacial score (nSPS) is 11.8. The van der Waals surface area contributed by atoms with Gasteiger partial charge in [0.05, 0.1) is 17.5 Å². The van der Waals surface area contributed by atoms with E-state index in [2.05, 4.69) is 20.8 Å². The van der Waals surface area contributed by atoms with Crippen molar-refractivity contribution in [2.75, 3.05) is 11.9 Å². The number of amides is 2. The third-order valence-electron chi connectivity index (χ3n) is 4.97. The molecule has 2 aromatic carbocycles. The van der Waals surface area contributed by atoms with E-state index in [4.69, 9.17) is 0 Å². The number of anilines is 1. The Hall–Kier alpha value is -3.13. The Kier molecular flexibility index (Phi) is 7.12. The zero-order valence-corrected chi connectivity index (χ0v) is 19.2. The first-order valence-corrected chi connectivity index (χ1v) is 10.9. The second kappa shape index (κ2) is 9.78. The summed E-state index contributed by atoms with van der Waals surface area (Å²) >= 11 is 1.31. The average molecular weight is 438 g/mol. The summed E-state index contributed by atoms with van der Waals surface area (Å²) in [4.78, 5) is 24.9. The first kappa shape index (κ1) is 22.6. The first-order valence-electron chi connectivity index (χ1n) is 10.1. The Morgan fingerprint density at radius 1 is 0.968 bits per heavy atom. The van der Waals surface area contributed by atoms with Crippen LogP contribution in [0.15, 0.2) is 47.6 Å². The van der Waals surface area contributed by atoms with E-state index in [1.165, 1.54) is 11.8 Å². The van der Waals surface area contributed by atoms with Crippen molar-refractivity contribution < 1.29 is 9.59 Å². The predicted octanol–water partition coefficient (Wildman–Crippen LogP) is 3.74. The molecule has 7 nitrogen and oxygen atoms in total. The predicted molar refractivity (Wildman–Crippen MR) is 124 cm³/mol. The van der Waals surface area contributed by atoms with Crippen LogP contribution in [0, 0.1) is 27.7 Å². The SMILES string of the molecule is Cc1ccccc1-n1c(C)nnc1SC(C)C(=O)NCC(=O)Nc1c(C)cccc1C. The highest BCUT2D eigenvalue weighted by Gasteiger charge is 2.21. The van der Waals surface area contributed by atoms with Gasteiger partial charge in [0.15, 0.2) is 5.16 Å². The smallest absolute Gasteiger partial charge is 0.243 e. The van der Waals surface area contributed by atoms with Crippen LogP contribution in [0.4, 0.5) is 5.69 Å². The molecule has 0 fully saturated rings. The molecular formula is C23H27N5O2S. The Labute approximate surface area is 186 Å². The van der Waals surface area contributed by atoms with Gasteiger partial charge in [0.25, 0.3) is 0 Å². The summed E-state index contributed by atoms with van der Waals surface area (Å²) in [6, 6.07) is 13.8. The van der Waals surface area contributed by atoms with Gasteiger partial charge in [0.1, 0.15) is 5.82 Å². The summed E-state index contributed by atoms with van der Waals surface area (Å²) in [6.45, 7) is 9.47. The number of para-hydroxylation sites is 2. The summed E-state index contributed by atoms with van der Waals surface area (Å²) in [6.07, 6.45) is 0. The van der Waals surface area contributed by atoms with Crippen molar-refractivity contribution in [2.45, 2.75) is 45.0 Å². The monoisotopic (exact) mass is 437 g/mol. The number of benzene rings is 2. The fraction of sp³-hybridized carbons (Fsp3) is 0.304. The molecule has 2 amide bonds.